The Morgan fingerprint density at radius 1 is 1.32 bits per heavy atom. The van der Waals surface area contributed by atoms with Gasteiger partial charge in [0, 0.05) is 0 Å². The van der Waals surface area contributed by atoms with Crippen LogP contribution in [0.3, 0.4) is 0 Å². The Morgan fingerprint density at radius 2 is 2.00 bits per heavy atom. The minimum Gasteiger partial charge on any atom is -0.484 e. The summed E-state index contributed by atoms with van der Waals surface area (Å²) in [5, 5.41) is 11.1. The molecular weight excluding hydrogens is 348 g/mol. The van der Waals surface area contributed by atoms with Gasteiger partial charge in [0.05, 0.1) is 4.75 Å². The molecule has 1 aromatic rings. The molecule has 1 aromatic carbocycles. The Hall–Kier alpha value is -2.42. The molecule has 0 aromatic heterocycles. The van der Waals surface area contributed by atoms with E-state index < -0.39 is 29.1 Å². The van der Waals surface area contributed by atoms with Crippen molar-refractivity contribution in [1.82, 2.24) is 10.2 Å². The molecule has 0 aliphatic carbocycles. The van der Waals surface area contributed by atoms with E-state index in [-0.39, 0.29) is 17.9 Å². The van der Waals surface area contributed by atoms with Crippen LogP contribution in [-0.2, 0) is 14.3 Å². The molecule has 0 bridgehead atoms. The quantitative estimate of drug-likeness (QED) is 0.597. The average Bonchev–Trinajstić information content (AvgIpc) is 2.79. The smallest absolute Gasteiger partial charge is 0.484 e. The van der Waals surface area contributed by atoms with Crippen molar-refractivity contribution in [2.45, 2.75) is 36.2 Å². The van der Waals surface area contributed by atoms with Crippen molar-refractivity contribution in [3.8, 4) is 5.75 Å². The van der Waals surface area contributed by atoms with Crippen LogP contribution in [0.5, 0.6) is 5.75 Å². The lowest BCUT2D eigenvalue weighted by Gasteiger charge is -2.43. The van der Waals surface area contributed by atoms with Crippen LogP contribution in [0.2, 0.25) is 0 Å². The predicted molar refractivity (Wildman–Crippen MR) is 89.1 cm³/mol. The van der Waals surface area contributed by atoms with Gasteiger partial charge < -0.3 is 19.9 Å². The Bertz CT molecular complexity index is 695. The van der Waals surface area contributed by atoms with Gasteiger partial charge in [0.2, 0.25) is 0 Å². The lowest BCUT2D eigenvalue weighted by atomic mass is 10.0. The zero-order valence-electron chi connectivity index (χ0n) is 13.7. The topological polar surface area (TPSA) is 105 Å². The first-order valence-electron chi connectivity index (χ1n) is 7.66. The summed E-state index contributed by atoms with van der Waals surface area (Å²) in [5.74, 6) is -0.212. The molecule has 2 heterocycles. The second kappa shape index (κ2) is 6.47. The van der Waals surface area contributed by atoms with E-state index in [1.54, 1.807) is 38.1 Å². The highest BCUT2D eigenvalue weighted by Crippen LogP contribution is 2.51. The van der Waals surface area contributed by atoms with Gasteiger partial charge in [-0.25, -0.2) is 4.79 Å². The van der Waals surface area contributed by atoms with E-state index >= 15 is 0 Å². The monoisotopic (exact) mass is 366 g/mol. The summed E-state index contributed by atoms with van der Waals surface area (Å²) in [6.07, 6.45) is -2.31. The van der Waals surface area contributed by atoms with Crippen LogP contribution in [0, 0.1) is 0 Å². The third-order valence-corrected chi connectivity index (χ3v) is 5.54. The van der Waals surface area contributed by atoms with E-state index in [4.69, 9.17) is 14.6 Å². The molecule has 25 heavy (non-hydrogen) atoms. The SMILES string of the molecule is CC1(C)SC2C(NC(=O)COc3ccccc3)C(=O)N2C1OC(=O)O. The van der Waals surface area contributed by atoms with Gasteiger partial charge >= 0.3 is 6.16 Å². The minimum atomic E-state index is -1.43. The van der Waals surface area contributed by atoms with E-state index in [1.807, 2.05) is 6.07 Å². The normalized spacial score (nSPS) is 26.4. The molecule has 0 spiro atoms. The van der Waals surface area contributed by atoms with Crippen molar-refractivity contribution in [2.24, 2.45) is 0 Å². The highest BCUT2D eigenvalue weighted by Gasteiger charge is 2.63. The Balaban J connectivity index is 1.57. The van der Waals surface area contributed by atoms with E-state index in [0.717, 1.165) is 0 Å². The predicted octanol–water partition coefficient (Wildman–Crippen LogP) is 1.26. The van der Waals surface area contributed by atoms with Gasteiger partial charge in [-0.2, -0.15) is 0 Å². The number of thioether (sulfide) groups is 1. The first-order valence-corrected chi connectivity index (χ1v) is 8.54. The van der Waals surface area contributed by atoms with E-state index in [2.05, 4.69) is 5.32 Å². The number of β-lactam (4-membered cyclic amide) rings is 1. The third-order valence-electron chi connectivity index (χ3n) is 3.99. The largest absolute Gasteiger partial charge is 0.507 e. The number of carbonyl (C=O) groups is 3. The van der Waals surface area contributed by atoms with Gasteiger partial charge in [0.1, 0.15) is 17.2 Å². The number of ether oxygens (including phenoxy) is 2. The van der Waals surface area contributed by atoms with Gasteiger partial charge in [-0.1, -0.05) is 18.2 Å². The summed E-state index contributed by atoms with van der Waals surface area (Å²) in [5.41, 5.74) is 0. The van der Waals surface area contributed by atoms with Crippen LogP contribution in [-0.4, -0.2) is 57.0 Å². The molecule has 2 saturated heterocycles. The van der Waals surface area contributed by atoms with Crippen LogP contribution in [0.25, 0.3) is 0 Å². The van der Waals surface area contributed by atoms with Gasteiger partial charge in [-0.05, 0) is 26.0 Å². The highest BCUT2D eigenvalue weighted by molar-refractivity contribution is 8.01. The summed E-state index contributed by atoms with van der Waals surface area (Å²) in [6.45, 7) is 3.40. The number of carbonyl (C=O) groups excluding carboxylic acids is 2. The molecule has 3 rings (SSSR count). The Kier molecular flexibility index (Phi) is 4.51. The number of nitrogens with zero attached hydrogens (tertiary/aromatic N) is 1. The van der Waals surface area contributed by atoms with Crippen LogP contribution < -0.4 is 10.1 Å². The number of amides is 2. The van der Waals surface area contributed by atoms with Crippen molar-refractivity contribution in [1.29, 1.82) is 0 Å². The van der Waals surface area contributed by atoms with E-state index in [1.165, 1.54) is 16.7 Å². The summed E-state index contributed by atoms with van der Waals surface area (Å²) < 4.78 is 9.61. The lowest BCUT2D eigenvalue weighted by molar-refractivity contribution is -0.163. The van der Waals surface area contributed by atoms with Gasteiger partial charge in [0.15, 0.2) is 12.8 Å². The summed E-state index contributed by atoms with van der Waals surface area (Å²) in [4.78, 5) is 36.6. The zero-order valence-corrected chi connectivity index (χ0v) is 14.5. The second-order valence-corrected chi connectivity index (χ2v) is 8.01. The highest BCUT2D eigenvalue weighted by atomic mass is 32.2. The Morgan fingerprint density at radius 3 is 2.64 bits per heavy atom. The number of nitrogens with one attached hydrogen (secondary N) is 1. The third kappa shape index (κ3) is 3.37. The molecule has 8 nitrogen and oxygen atoms in total. The second-order valence-electron chi connectivity index (χ2n) is 6.24. The fraction of sp³-hybridized carbons (Fsp3) is 0.438. The fourth-order valence-corrected chi connectivity index (χ4v) is 4.42. The van der Waals surface area contributed by atoms with Gasteiger partial charge in [-0.15, -0.1) is 11.8 Å². The summed E-state index contributed by atoms with van der Waals surface area (Å²) in [7, 11) is 0. The maximum atomic E-state index is 12.3. The first-order chi connectivity index (χ1) is 11.8. The molecule has 9 heteroatoms. The number of hydrogen-bond acceptors (Lipinski definition) is 6. The molecule has 3 unspecified atom stereocenters. The molecule has 134 valence electrons. The summed E-state index contributed by atoms with van der Waals surface area (Å²) >= 11 is 1.40. The molecule has 0 radical (unpaired) electrons. The first kappa shape index (κ1) is 17.4. The number of hydrogen-bond donors (Lipinski definition) is 2. The number of benzene rings is 1. The molecule has 0 saturated carbocycles. The van der Waals surface area contributed by atoms with E-state index in [0.29, 0.717) is 5.75 Å². The van der Waals surface area contributed by atoms with Crippen LogP contribution in [0.15, 0.2) is 30.3 Å². The molecule has 2 aliphatic rings. The standard InChI is InChI=1S/C16H18N2O6S/c1-16(2)14(24-15(21)22)18-12(20)11(13(18)25-16)17-10(19)8-23-9-6-4-3-5-7-9/h3-7,11,13-14H,8H2,1-2H3,(H,17,19)(H,21,22). The Labute approximate surface area is 148 Å². The minimum absolute atomic E-state index is 0.205. The van der Waals surface area contributed by atoms with Crippen molar-refractivity contribution < 1.29 is 29.0 Å². The van der Waals surface area contributed by atoms with Crippen molar-refractivity contribution in [2.75, 3.05) is 6.61 Å². The van der Waals surface area contributed by atoms with Gasteiger partial charge in [-0.3, -0.25) is 14.5 Å². The maximum absolute atomic E-state index is 12.3. The maximum Gasteiger partial charge on any atom is 0.507 e. The van der Waals surface area contributed by atoms with Crippen molar-refractivity contribution >= 4 is 29.7 Å². The van der Waals surface area contributed by atoms with E-state index in [9.17, 15) is 14.4 Å². The fourth-order valence-electron chi connectivity index (χ4n) is 2.87. The summed E-state index contributed by atoms with van der Waals surface area (Å²) in [6, 6.07) is 8.17. The zero-order chi connectivity index (χ0) is 18.2. The van der Waals surface area contributed by atoms with Crippen molar-refractivity contribution in [3.63, 3.8) is 0 Å². The van der Waals surface area contributed by atoms with Gasteiger partial charge in [0.25, 0.3) is 11.8 Å². The number of rotatable bonds is 5. The lowest BCUT2D eigenvalue weighted by Crippen LogP contribution is -2.70. The molecule has 2 amide bonds. The van der Waals surface area contributed by atoms with Crippen LogP contribution in [0.4, 0.5) is 4.79 Å². The molecular formula is C16H18N2O6S. The van der Waals surface area contributed by atoms with Crippen LogP contribution >= 0.6 is 11.8 Å². The molecule has 2 fully saturated rings. The van der Waals surface area contributed by atoms with Crippen molar-refractivity contribution in [3.05, 3.63) is 30.3 Å². The number of para-hydroxylation sites is 1. The number of fused-ring (bicyclic) bond motifs is 1. The molecule has 3 atom stereocenters. The average molecular weight is 366 g/mol. The van der Waals surface area contributed by atoms with Crippen LogP contribution in [0.1, 0.15) is 13.8 Å². The number of carboxylic acid groups (broad SMARTS) is 1. The molecule has 2 aliphatic heterocycles. The molecule has 2 N–H and O–H groups in total.